The summed E-state index contributed by atoms with van der Waals surface area (Å²) in [6.45, 7) is 2.01. The highest BCUT2D eigenvalue weighted by Crippen LogP contribution is 2.06. The molecule has 1 aromatic carbocycles. The monoisotopic (exact) mass is 230 g/mol. The fourth-order valence-corrected chi connectivity index (χ4v) is 1.54. The van der Waals surface area contributed by atoms with Crippen LogP contribution in [0.3, 0.4) is 0 Å². The van der Waals surface area contributed by atoms with Crippen molar-refractivity contribution in [3.63, 3.8) is 0 Å². The topological polar surface area (TPSA) is 55.1 Å². The molecular weight excluding hydrogens is 212 g/mol. The van der Waals surface area contributed by atoms with Gasteiger partial charge in [0.25, 0.3) is 0 Å². The second-order valence-corrected chi connectivity index (χ2v) is 4.00. The summed E-state index contributed by atoms with van der Waals surface area (Å²) in [6, 6.07) is 7.37. The number of nitrogens with two attached hydrogens (primary N) is 1. The number of anilines is 1. The first kappa shape index (κ1) is 13.1. The molecule has 0 heterocycles. The average Bonchev–Trinajstić information content (AvgIpc) is 2.31. The highest BCUT2D eigenvalue weighted by atomic mass is 16.1. The third-order valence-electron chi connectivity index (χ3n) is 2.57. The number of nitrogen functional groups attached to an aromatic ring is 1. The second kappa shape index (κ2) is 6.59. The van der Waals surface area contributed by atoms with Crippen molar-refractivity contribution in [1.29, 1.82) is 0 Å². The number of rotatable bonds is 5. The van der Waals surface area contributed by atoms with Crippen molar-refractivity contribution < 1.29 is 4.79 Å². The molecule has 3 heteroatoms. The van der Waals surface area contributed by atoms with Gasteiger partial charge in [-0.1, -0.05) is 19.1 Å². The number of amides is 1. The molecule has 0 aromatic heterocycles. The summed E-state index contributed by atoms with van der Waals surface area (Å²) >= 11 is 0. The molecule has 1 atom stereocenters. The normalized spacial score (nSPS) is 11.5. The summed E-state index contributed by atoms with van der Waals surface area (Å²) < 4.78 is 0. The third kappa shape index (κ3) is 4.60. The average molecular weight is 230 g/mol. The minimum absolute atomic E-state index is 0.00290. The Hall–Kier alpha value is -1.95. The molecule has 0 aliphatic heterocycles. The largest absolute Gasteiger partial charge is 0.399 e. The summed E-state index contributed by atoms with van der Waals surface area (Å²) in [4.78, 5) is 11.7. The van der Waals surface area contributed by atoms with Crippen molar-refractivity contribution in [2.45, 2.75) is 32.2 Å². The highest BCUT2D eigenvalue weighted by molar-refractivity contribution is 5.79. The molecular formula is C14H18N2O. The maximum atomic E-state index is 11.7. The molecule has 0 aliphatic carbocycles. The van der Waals surface area contributed by atoms with Gasteiger partial charge in [0, 0.05) is 18.2 Å². The minimum Gasteiger partial charge on any atom is -0.399 e. The van der Waals surface area contributed by atoms with E-state index < -0.39 is 0 Å². The summed E-state index contributed by atoms with van der Waals surface area (Å²) in [5.74, 6) is 2.56. The third-order valence-corrected chi connectivity index (χ3v) is 2.57. The van der Waals surface area contributed by atoms with Crippen molar-refractivity contribution in [3.8, 4) is 12.3 Å². The van der Waals surface area contributed by atoms with E-state index in [-0.39, 0.29) is 11.9 Å². The molecule has 0 spiro atoms. The van der Waals surface area contributed by atoms with Crippen LogP contribution in [0.5, 0.6) is 0 Å². The van der Waals surface area contributed by atoms with Gasteiger partial charge in [0.15, 0.2) is 0 Å². The van der Waals surface area contributed by atoms with E-state index in [0.717, 1.165) is 12.0 Å². The molecule has 0 saturated carbocycles. The summed E-state index contributed by atoms with van der Waals surface area (Å²) in [5.41, 5.74) is 7.23. The zero-order valence-electron chi connectivity index (χ0n) is 10.1. The molecule has 90 valence electrons. The van der Waals surface area contributed by atoms with E-state index in [0.29, 0.717) is 18.5 Å². The zero-order chi connectivity index (χ0) is 12.7. The summed E-state index contributed by atoms with van der Waals surface area (Å²) in [5, 5.41) is 2.92. The Labute approximate surface area is 102 Å². The van der Waals surface area contributed by atoms with Gasteiger partial charge in [-0.3, -0.25) is 4.79 Å². The molecule has 3 nitrogen and oxygen atoms in total. The smallest absolute Gasteiger partial charge is 0.224 e. The lowest BCUT2D eigenvalue weighted by atomic mass is 10.1. The van der Waals surface area contributed by atoms with Gasteiger partial charge in [0.05, 0.1) is 6.42 Å². The molecule has 17 heavy (non-hydrogen) atoms. The van der Waals surface area contributed by atoms with E-state index in [9.17, 15) is 4.79 Å². The number of terminal acetylenes is 1. The Kier molecular flexibility index (Phi) is 5.09. The number of hydrogen-bond donors (Lipinski definition) is 2. The maximum absolute atomic E-state index is 11.7. The van der Waals surface area contributed by atoms with Crippen LogP contribution in [0.2, 0.25) is 0 Å². The standard InChI is InChI=1S/C14H18N2O/c1-3-5-13(4-2)16-14(17)10-11-6-8-12(15)9-7-11/h1,6-9,13H,4-5,10,15H2,2H3,(H,16,17). The van der Waals surface area contributed by atoms with Crippen LogP contribution in [0.1, 0.15) is 25.3 Å². The minimum atomic E-state index is -0.00290. The quantitative estimate of drug-likeness (QED) is 0.598. The van der Waals surface area contributed by atoms with Crippen LogP contribution in [0.15, 0.2) is 24.3 Å². The first-order valence-corrected chi connectivity index (χ1v) is 5.73. The van der Waals surface area contributed by atoms with Gasteiger partial charge < -0.3 is 11.1 Å². The lowest BCUT2D eigenvalue weighted by Gasteiger charge is -2.14. The Morgan fingerprint density at radius 2 is 2.12 bits per heavy atom. The Morgan fingerprint density at radius 3 is 2.65 bits per heavy atom. The van der Waals surface area contributed by atoms with Crippen LogP contribution in [0, 0.1) is 12.3 Å². The SMILES string of the molecule is C#CCC(CC)NC(=O)Cc1ccc(N)cc1. The lowest BCUT2D eigenvalue weighted by molar-refractivity contribution is -0.121. The van der Waals surface area contributed by atoms with Crippen LogP contribution in [-0.4, -0.2) is 11.9 Å². The van der Waals surface area contributed by atoms with E-state index in [1.807, 2.05) is 19.1 Å². The van der Waals surface area contributed by atoms with Gasteiger partial charge in [-0.25, -0.2) is 0 Å². The van der Waals surface area contributed by atoms with E-state index >= 15 is 0 Å². The first-order chi connectivity index (χ1) is 8.15. The van der Waals surface area contributed by atoms with Gasteiger partial charge in [-0.05, 0) is 24.1 Å². The molecule has 1 unspecified atom stereocenters. The molecule has 0 aliphatic rings. The Bertz CT molecular complexity index is 403. The number of benzene rings is 1. The highest BCUT2D eigenvalue weighted by Gasteiger charge is 2.09. The summed E-state index contributed by atoms with van der Waals surface area (Å²) in [7, 11) is 0. The predicted octanol–water partition coefficient (Wildman–Crippen LogP) is 1.73. The molecule has 0 fully saturated rings. The lowest BCUT2D eigenvalue weighted by Crippen LogP contribution is -2.35. The van der Waals surface area contributed by atoms with Gasteiger partial charge in [-0.15, -0.1) is 12.3 Å². The maximum Gasteiger partial charge on any atom is 0.224 e. The van der Waals surface area contributed by atoms with Gasteiger partial charge in [0.1, 0.15) is 0 Å². The Morgan fingerprint density at radius 1 is 1.47 bits per heavy atom. The number of carbonyl (C=O) groups is 1. The van der Waals surface area contributed by atoms with Crippen LogP contribution in [-0.2, 0) is 11.2 Å². The van der Waals surface area contributed by atoms with Crippen molar-refractivity contribution in [3.05, 3.63) is 29.8 Å². The molecule has 0 saturated heterocycles. The van der Waals surface area contributed by atoms with Gasteiger partial charge >= 0.3 is 0 Å². The predicted molar refractivity (Wildman–Crippen MR) is 70.2 cm³/mol. The van der Waals surface area contributed by atoms with E-state index in [1.54, 1.807) is 12.1 Å². The van der Waals surface area contributed by atoms with Crippen LogP contribution in [0.25, 0.3) is 0 Å². The van der Waals surface area contributed by atoms with E-state index in [2.05, 4.69) is 11.2 Å². The molecule has 0 bridgehead atoms. The zero-order valence-corrected chi connectivity index (χ0v) is 10.1. The van der Waals surface area contributed by atoms with Crippen LogP contribution in [0.4, 0.5) is 5.69 Å². The van der Waals surface area contributed by atoms with Crippen molar-refractivity contribution in [2.24, 2.45) is 0 Å². The Balaban J connectivity index is 2.49. The summed E-state index contributed by atoms with van der Waals surface area (Å²) in [6.07, 6.45) is 7.02. The second-order valence-electron chi connectivity index (χ2n) is 4.00. The molecule has 1 rings (SSSR count). The number of hydrogen-bond acceptors (Lipinski definition) is 2. The van der Waals surface area contributed by atoms with Crippen LogP contribution < -0.4 is 11.1 Å². The van der Waals surface area contributed by atoms with Crippen molar-refractivity contribution >= 4 is 11.6 Å². The fourth-order valence-electron chi connectivity index (χ4n) is 1.54. The van der Waals surface area contributed by atoms with Crippen LogP contribution >= 0.6 is 0 Å². The number of carbonyl (C=O) groups excluding carboxylic acids is 1. The van der Waals surface area contributed by atoms with E-state index in [4.69, 9.17) is 12.2 Å². The molecule has 1 amide bonds. The van der Waals surface area contributed by atoms with E-state index in [1.165, 1.54) is 0 Å². The number of nitrogens with one attached hydrogen (secondary N) is 1. The fraction of sp³-hybridized carbons (Fsp3) is 0.357. The molecule has 1 aromatic rings. The van der Waals surface area contributed by atoms with Crippen molar-refractivity contribution in [1.82, 2.24) is 5.32 Å². The molecule has 0 radical (unpaired) electrons. The van der Waals surface area contributed by atoms with Crippen molar-refractivity contribution in [2.75, 3.05) is 5.73 Å². The molecule has 3 N–H and O–H groups in total. The van der Waals surface area contributed by atoms with Gasteiger partial charge in [0.2, 0.25) is 5.91 Å². The van der Waals surface area contributed by atoms with Gasteiger partial charge in [-0.2, -0.15) is 0 Å². The first-order valence-electron chi connectivity index (χ1n) is 5.73.